The molecule has 110 valence electrons. The number of amides is 1. The van der Waals surface area contributed by atoms with E-state index in [0.717, 1.165) is 21.2 Å². The lowest BCUT2D eigenvalue weighted by Crippen LogP contribution is -2.15. The molecule has 4 heteroatoms. The molecular weight excluding hydrogens is 330 g/mol. The molecule has 0 radical (unpaired) electrons. The van der Waals surface area contributed by atoms with E-state index in [-0.39, 0.29) is 5.91 Å². The molecule has 1 N–H and O–H groups in total. The molecule has 2 rings (SSSR count). The van der Waals surface area contributed by atoms with E-state index < -0.39 is 0 Å². The molecule has 2 aromatic rings. The average molecular weight is 348 g/mol. The number of ether oxygens (including phenoxy) is 1. The fourth-order valence-corrected chi connectivity index (χ4v) is 2.86. The molecule has 1 amide bonds. The third kappa shape index (κ3) is 3.45. The van der Waals surface area contributed by atoms with E-state index in [9.17, 15) is 4.79 Å². The smallest absolute Gasteiger partial charge is 0.256 e. The number of aryl methyl sites for hydroxylation is 3. The lowest BCUT2D eigenvalue weighted by atomic mass is 9.99. The summed E-state index contributed by atoms with van der Waals surface area (Å²) in [6.07, 6.45) is 0. The Labute approximate surface area is 133 Å². The van der Waals surface area contributed by atoms with E-state index in [1.165, 1.54) is 0 Å². The molecule has 0 aromatic heterocycles. The van der Waals surface area contributed by atoms with Crippen molar-refractivity contribution in [2.24, 2.45) is 0 Å². The number of hydrogen-bond acceptors (Lipinski definition) is 2. The summed E-state index contributed by atoms with van der Waals surface area (Å²) in [5.74, 6) is 0.510. The van der Waals surface area contributed by atoms with Crippen LogP contribution < -0.4 is 10.1 Å². The highest BCUT2D eigenvalue weighted by Gasteiger charge is 2.15. The maximum atomic E-state index is 12.6. The SMILES string of the molecule is COc1ccc(Br)cc1NC(=O)c1c(C)cc(C)cc1C. The van der Waals surface area contributed by atoms with Crippen LogP contribution in [0.4, 0.5) is 5.69 Å². The molecular formula is C17H18BrNO2. The Morgan fingerprint density at radius 2 is 1.71 bits per heavy atom. The largest absolute Gasteiger partial charge is 0.495 e. The van der Waals surface area contributed by atoms with Crippen LogP contribution in [0.5, 0.6) is 5.75 Å². The van der Waals surface area contributed by atoms with Crippen LogP contribution >= 0.6 is 15.9 Å². The highest BCUT2D eigenvalue weighted by atomic mass is 79.9. The van der Waals surface area contributed by atoms with Gasteiger partial charge < -0.3 is 10.1 Å². The van der Waals surface area contributed by atoms with E-state index in [0.29, 0.717) is 17.0 Å². The maximum absolute atomic E-state index is 12.6. The Morgan fingerprint density at radius 1 is 1.10 bits per heavy atom. The first-order valence-electron chi connectivity index (χ1n) is 6.65. The van der Waals surface area contributed by atoms with Crippen molar-refractivity contribution in [2.75, 3.05) is 12.4 Å². The van der Waals surface area contributed by atoms with Gasteiger partial charge in [-0.1, -0.05) is 33.6 Å². The van der Waals surface area contributed by atoms with Gasteiger partial charge in [0.15, 0.2) is 0 Å². The minimum atomic E-state index is -0.124. The normalized spacial score (nSPS) is 10.3. The number of benzene rings is 2. The molecule has 0 saturated carbocycles. The predicted molar refractivity (Wildman–Crippen MR) is 89.3 cm³/mol. The fourth-order valence-electron chi connectivity index (χ4n) is 2.50. The van der Waals surface area contributed by atoms with Gasteiger partial charge in [-0.15, -0.1) is 0 Å². The van der Waals surface area contributed by atoms with Gasteiger partial charge in [0.25, 0.3) is 5.91 Å². The minimum Gasteiger partial charge on any atom is -0.495 e. The summed E-state index contributed by atoms with van der Waals surface area (Å²) in [5, 5.41) is 2.93. The van der Waals surface area contributed by atoms with Crippen LogP contribution in [-0.4, -0.2) is 13.0 Å². The third-order valence-electron chi connectivity index (χ3n) is 3.31. The topological polar surface area (TPSA) is 38.3 Å². The summed E-state index contributed by atoms with van der Waals surface area (Å²) < 4.78 is 6.17. The molecule has 2 aromatic carbocycles. The van der Waals surface area contributed by atoms with Gasteiger partial charge in [0.1, 0.15) is 5.75 Å². The molecule has 0 fully saturated rings. The molecule has 0 bridgehead atoms. The van der Waals surface area contributed by atoms with Crippen LogP contribution in [0.2, 0.25) is 0 Å². The maximum Gasteiger partial charge on any atom is 0.256 e. The molecule has 0 aliphatic rings. The molecule has 0 aliphatic carbocycles. The number of halogens is 1. The zero-order chi connectivity index (χ0) is 15.6. The summed E-state index contributed by atoms with van der Waals surface area (Å²) in [4.78, 5) is 12.6. The van der Waals surface area contributed by atoms with E-state index in [1.807, 2.05) is 51.1 Å². The second kappa shape index (κ2) is 6.31. The standard InChI is InChI=1S/C17H18BrNO2/c1-10-7-11(2)16(12(3)8-10)17(20)19-14-9-13(18)5-6-15(14)21-4/h5-9H,1-4H3,(H,19,20). The third-order valence-corrected chi connectivity index (χ3v) is 3.81. The van der Waals surface area contributed by atoms with Gasteiger partial charge in [0.2, 0.25) is 0 Å². The summed E-state index contributed by atoms with van der Waals surface area (Å²) in [7, 11) is 1.58. The number of methoxy groups -OCH3 is 1. The fraction of sp³-hybridized carbons (Fsp3) is 0.235. The van der Waals surface area contributed by atoms with E-state index in [4.69, 9.17) is 4.74 Å². The Morgan fingerprint density at radius 3 is 2.29 bits per heavy atom. The van der Waals surface area contributed by atoms with E-state index in [2.05, 4.69) is 21.2 Å². The second-order valence-electron chi connectivity index (χ2n) is 5.07. The second-order valence-corrected chi connectivity index (χ2v) is 5.99. The lowest BCUT2D eigenvalue weighted by molar-refractivity contribution is 0.102. The number of nitrogens with one attached hydrogen (secondary N) is 1. The van der Waals surface area contributed by atoms with Crippen molar-refractivity contribution in [3.05, 3.63) is 57.1 Å². The van der Waals surface area contributed by atoms with Crippen molar-refractivity contribution in [2.45, 2.75) is 20.8 Å². The first kappa shape index (κ1) is 15.6. The predicted octanol–water partition coefficient (Wildman–Crippen LogP) is 4.64. The number of carbonyl (C=O) groups is 1. The molecule has 21 heavy (non-hydrogen) atoms. The average Bonchev–Trinajstić information content (AvgIpc) is 2.37. The Balaban J connectivity index is 2.37. The number of carbonyl (C=O) groups excluding carboxylic acids is 1. The van der Waals surface area contributed by atoms with E-state index >= 15 is 0 Å². The molecule has 0 aliphatic heterocycles. The highest BCUT2D eigenvalue weighted by Crippen LogP contribution is 2.29. The number of rotatable bonds is 3. The van der Waals surface area contributed by atoms with Gasteiger partial charge in [0.05, 0.1) is 12.8 Å². The van der Waals surface area contributed by atoms with Crippen LogP contribution in [0.3, 0.4) is 0 Å². The Bertz CT molecular complexity index is 672. The quantitative estimate of drug-likeness (QED) is 0.878. The van der Waals surface area contributed by atoms with Gasteiger partial charge in [-0.25, -0.2) is 0 Å². The Hall–Kier alpha value is -1.81. The van der Waals surface area contributed by atoms with E-state index in [1.54, 1.807) is 7.11 Å². The first-order chi connectivity index (χ1) is 9.92. The van der Waals surface area contributed by atoms with Gasteiger partial charge in [-0.05, 0) is 50.1 Å². The van der Waals surface area contributed by atoms with Gasteiger partial charge >= 0.3 is 0 Å². The number of anilines is 1. The van der Waals surface area contributed by atoms with Crippen molar-refractivity contribution in [1.29, 1.82) is 0 Å². The molecule has 0 spiro atoms. The molecule has 0 saturated heterocycles. The molecule has 0 heterocycles. The summed E-state index contributed by atoms with van der Waals surface area (Å²) in [6.45, 7) is 5.93. The van der Waals surface area contributed by atoms with Crippen LogP contribution in [0.25, 0.3) is 0 Å². The Kier molecular flexibility index (Phi) is 4.68. The van der Waals surface area contributed by atoms with Crippen LogP contribution in [0.15, 0.2) is 34.8 Å². The summed E-state index contributed by atoms with van der Waals surface area (Å²) in [6, 6.07) is 9.54. The first-order valence-corrected chi connectivity index (χ1v) is 7.44. The summed E-state index contributed by atoms with van der Waals surface area (Å²) in [5.41, 5.74) is 4.46. The van der Waals surface area contributed by atoms with Gasteiger partial charge in [-0.3, -0.25) is 4.79 Å². The van der Waals surface area contributed by atoms with Crippen molar-refractivity contribution in [3.8, 4) is 5.75 Å². The monoisotopic (exact) mass is 347 g/mol. The molecule has 0 atom stereocenters. The van der Waals surface area contributed by atoms with Crippen molar-refractivity contribution in [3.63, 3.8) is 0 Å². The van der Waals surface area contributed by atoms with Crippen molar-refractivity contribution < 1.29 is 9.53 Å². The lowest BCUT2D eigenvalue weighted by Gasteiger charge is -2.14. The van der Waals surface area contributed by atoms with Crippen molar-refractivity contribution >= 4 is 27.5 Å². The zero-order valence-corrected chi connectivity index (χ0v) is 14.2. The van der Waals surface area contributed by atoms with Crippen LogP contribution in [0.1, 0.15) is 27.0 Å². The number of hydrogen-bond donors (Lipinski definition) is 1. The van der Waals surface area contributed by atoms with Crippen LogP contribution in [-0.2, 0) is 0 Å². The van der Waals surface area contributed by atoms with Crippen molar-refractivity contribution in [1.82, 2.24) is 0 Å². The highest BCUT2D eigenvalue weighted by molar-refractivity contribution is 9.10. The minimum absolute atomic E-state index is 0.124. The van der Waals surface area contributed by atoms with Crippen LogP contribution in [0, 0.1) is 20.8 Å². The van der Waals surface area contributed by atoms with Gasteiger partial charge in [0, 0.05) is 10.0 Å². The molecule has 0 unspecified atom stereocenters. The summed E-state index contributed by atoms with van der Waals surface area (Å²) >= 11 is 3.40. The molecule has 3 nitrogen and oxygen atoms in total. The van der Waals surface area contributed by atoms with Gasteiger partial charge in [-0.2, -0.15) is 0 Å². The zero-order valence-electron chi connectivity index (χ0n) is 12.6.